The van der Waals surface area contributed by atoms with Crippen LogP contribution in [0.15, 0.2) is 24.3 Å². The summed E-state index contributed by atoms with van der Waals surface area (Å²) in [7, 11) is 0. The number of carbonyl (C=O) groups is 2. The molecule has 1 aliphatic carbocycles. The van der Waals surface area contributed by atoms with Crippen molar-refractivity contribution in [3.05, 3.63) is 45.1 Å². The van der Waals surface area contributed by atoms with Crippen LogP contribution < -0.4 is 14.8 Å². The van der Waals surface area contributed by atoms with Crippen LogP contribution in [0.2, 0.25) is 0 Å². The Hall–Kier alpha value is -2.54. The third kappa shape index (κ3) is 4.90. The average Bonchev–Trinajstić information content (AvgIpc) is 3.15. The Morgan fingerprint density at radius 1 is 1.21 bits per heavy atom. The van der Waals surface area contributed by atoms with Gasteiger partial charge in [0.2, 0.25) is 0 Å². The topological polar surface area (TPSA) is 73.9 Å². The van der Waals surface area contributed by atoms with Gasteiger partial charge in [0.05, 0.1) is 0 Å². The largest absolute Gasteiger partial charge is 0.486 e. The Morgan fingerprint density at radius 3 is 2.90 bits per heavy atom. The van der Waals surface area contributed by atoms with E-state index in [0.29, 0.717) is 37.0 Å². The van der Waals surface area contributed by atoms with Gasteiger partial charge in [-0.25, -0.2) is 4.79 Å². The van der Waals surface area contributed by atoms with E-state index in [0.717, 1.165) is 36.3 Å². The highest BCUT2D eigenvalue weighted by atomic mass is 32.1. The molecule has 7 heteroatoms. The molecule has 0 bridgehead atoms. The van der Waals surface area contributed by atoms with E-state index in [9.17, 15) is 9.59 Å². The molecule has 2 heterocycles. The Balaban J connectivity index is 1.21. The number of ether oxygens (including phenoxy) is 3. The number of rotatable bonds is 6. The smallest absolute Gasteiger partial charge is 0.348 e. The molecule has 154 valence electrons. The van der Waals surface area contributed by atoms with Crippen LogP contribution in [-0.2, 0) is 28.8 Å². The summed E-state index contributed by atoms with van der Waals surface area (Å²) in [6, 6.07) is 7.70. The molecule has 2 aliphatic rings. The highest BCUT2D eigenvalue weighted by molar-refractivity contribution is 7.14. The quantitative estimate of drug-likeness (QED) is 0.734. The van der Waals surface area contributed by atoms with Crippen molar-refractivity contribution >= 4 is 23.2 Å². The number of hydrogen-bond acceptors (Lipinski definition) is 6. The van der Waals surface area contributed by atoms with Gasteiger partial charge >= 0.3 is 5.97 Å². The van der Waals surface area contributed by atoms with E-state index in [4.69, 9.17) is 14.2 Å². The summed E-state index contributed by atoms with van der Waals surface area (Å²) >= 11 is 1.50. The van der Waals surface area contributed by atoms with Crippen molar-refractivity contribution in [2.75, 3.05) is 26.4 Å². The molecule has 1 aliphatic heterocycles. The summed E-state index contributed by atoms with van der Waals surface area (Å²) in [5, 5.41) is 2.79. The third-order valence-electron chi connectivity index (χ3n) is 5.21. The van der Waals surface area contributed by atoms with Crippen LogP contribution in [-0.4, -0.2) is 38.2 Å². The number of aryl methyl sites for hydroxylation is 1. The first-order valence-electron chi connectivity index (χ1n) is 10.0. The molecule has 0 spiro atoms. The lowest BCUT2D eigenvalue weighted by atomic mass is 9.90. The number of amides is 1. The second kappa shape index (κ2) is 8.86. The molecule has 1 unspecified atom stereocenters. The maximum absolute atomic E-state index is 12.3. The molecule has 0 saturated heterocycles. The van der Waals surface area contributed by atoms with Gasteiger partial charge in [0.15, 0.2) is 18.1 Å². The predicted molar refractivity (Wildman–Crippen MR) is 110 cm³/mol. The third-order valence-corrected chi connectivity index (χ3v) is 6.42. The number of hydrogen-bond donors (Lipinski definition) is 1. The van der Waals surface area contributed by atoms with Gasteiger partial charge in [0, 0.05) is 11.4 Å². The normalized spacial score (nSPS) is 17.3. The van der Waals surface area contributed by atoms with Gasteiger partial charge in [-0.15, -0.1) is 11.3 Å². The lowest BCUT2D eigenvalue weighted by Gasteiger charge is -2.18. The van der Waals surface area contributed by atoms with Crippen molar-refractivity contribution in [2.45, 2.75) is 32.6 Å². The number of fused-ring (bicyclic) bond motifs is 2. The zero-order valence-electron chi connectivity index (χ0n) is 16.5. The zero-order chi connectivity index (χ0) is 20.2. The van der Waals surface area contributed by atoms with Gasteiger partial charge in [-0.1, -0.05) is 13.0 Å². The van der Waals surface area contributed by atoms with Gasteiger partial charge in [-0.2, -0.15) is 0 Å². The number of esters is 1. The van der Waals surface area contributed by atoms with E-state index < -0.39 is 5.97 Å². The summed E-state index contributed by atoms with van der Waals surface area (Å²) in [6.45, 7) is 3.53. The highest BCUT2D eigenvalue weighted by Crippen LogP contribution is 2.32. The molecule has 6 nitrogen and oxygen atoms in total. The minimum absolute atomic E-state index is 0.265. The van der Waals surface area contributed by atoms with Crippen LogP contribution in [0.25, 0.3) is 0 Å². The van der Waals surface area contributed by atoms with Crippen LogP contribution in [0.4, 0.5) is 0 Å². The first-order valence-corrected chi connectivity index (χ1v) is 10.8. The molecule has 1 aromatic heterocycles. The van der Waals surface area contributed by atoms with E-state index in [1.165, 1.54) is 21.8 Å². The maximum Gasteiger partial charge on any atom is 0.348 e. The minimum atomic E-state index is -0.418. The molecule has 1 atom stereocenters. The average molecular weight is 416 g/mol. The molecule has 0 radical (unpaired) electrons. The van der Waals surface area contributed by atoms with Gasteiger partial charge in [0.25, 0.3) is 5.91 Å². The van der Waals surface area contributed by atoms with Gasteiger partial charge in [-0.3, -0.25) is 4.79 Å². The van der Waals surface area contributed by atoms with E-state index in [-0.39, 0.29) is 12.5 Å². The summed E-state index contributed by atoms with van der Waals surface area (Å²) < 4.78 is 16.3. The molecular formula is C22H25NO5S. The van der Waals surface area contributed by atoms with Crippen molar-refractivity contribution in [3.8, 4) is 11.5 Å². The highest BCUT2D eigenvalue weighted by Gasteiger charge is 2.21. The van der Waals surface area contributed by atoms with Gasteiger partial charge in [0.1, 0.15) is 18.1 Å². The van der Waals surface area contributed by atoms with E-state index >= 15 is 0 Å². The fourth-order valence-electron chi connectivity index (χ4n) is 3.65. The molecule has 1 N–H and O–H groups in total. The van der Waals surface area contributed by atoms with Crippen LogP contribution in [0, 0.1) is 5.92 Å². The Bertz CT molecular complexity index is 907. The monoisotopic (exact) mass is 415 g/mol. The van der Waals surface area contributed by atoms with E-state index in [1.807, 2.05) is 24.3 Å². The molecule has 1 aromatic carbocycles. The fraction of sp³-hybridized carbons (Fsp3) is 0.455. The lowest BCUT2D eigenvalue weighted by molar-refractivity contribution is -0.124. The lowest BCUT2D eigenvalue weighted by Crippen LogP contribution is -2.30. The van der Waals surface area contributed by atoms with Crippen molar-refractivity contribution in [1.82, 2.24) is 5.32 Å². The molecule has 0 saturated carbocycles. The summed E-state index contributed by atoms with van der Waals surface area (Å²) in [4.78, 5) is 26.1. The molecule has 4 rings (SSSR count). The number of thiophene rings is 1. The SMILES string of the molecule is CC1CCc2sc(C(=O)OCC(=O)NCCc3ccc4c(c3)OCCO4)cc2C1. The Morgan fingerprint density at radius 2 is 2.03 bits per heavy atom. The Labute approximate surface area is 174 Å². The molecule has 2 aromatic rings. The summed E-state index contributed by atoms with van der Waals surface area (Å²) in [6.07, 6.45) is 3.86. The summed E-state index contributed by atoms with van der Waals surface area (Å²) in [5.41, 5.74) is 2.30. The van der Waals surface area contributed by atoms with Crippen LogP contribution >= 0.6 is 11.3 Å². The van der Waals surface area contributed by atoms with E-state index in [2.05, 4.69) is 12.2 Å². The first kappa shape index (κ1) is 19.8. The van der Waals surface area contributed by atoms with Crippen LogP contribution in [0.3, 0.4) is 0 Å². The number of carbonyl (C=O) groups excluding carboxylic acids is 2. The van der Waals surface area contributed by atoms with Gasteiger partial charge in [-0.05, 0) is 60.9 Å². The van der Waals surface area contributed by atoms with Crippen molar-refractivity contribution < 1.29 is 23.8 Å². The standard InChI is InChI=1S/C22H25NO5S/c1-14-2-5-19-16(10-14)12-20(29-19)22(25)28-13-21(24)23-7-6-15-3-4-17-18(11-15)27-9-8-26-17/h3-4,11-12,14H,2,5-10,13H2,1H3,(H,23,24). The number of benzene rings is 1. The van der Waals surface area contributed by atoms with Crippen molar-refractivity contribution in [1.29, 1.82) is 0 Å². The molecular weight excluding hydrogens is 390 g/mol. The maximum atomic E-state index is 12.3. The molecule has 0 fully saturated rings. The predicted octanol–water partition coefficient (Wildman–Crippen LogP) is 3.16. The van der Waals surface area contributed by atoms with Crippen molar-refractivity contribution in [3.63, 3.8) is 0 Å². The molecule has 1 amide bonds. The molecule has 29 heavy (non-hydrogen) atoms. The second-order valence-corrected chi connectivity index (χ2v) is 8.70. The zero-order valence-corrected chi connectivity index (χ0v) is 17.3. The summed E-state index contributed by atoms with van der Waals surface area (Å²) in [5.74, 6) is 1.42. The second-order valence-electron chi connectivity index (χ2n) is 7.56. The first-order chi connectivity index (χ1) is 14.1. The van der Waals surface area contributed by atoms with E-state index in [1.54, 1.807) is 0 Å². The van der Waals surface area contributed by atoms with Crippen LogP contribution in [0.1, 0.15) is 39.0 Å². The van der Waals surface area contributed by atoms with Gasteiger partial charge < -0.3 is 19.5 Å². The minimum Gasteiger partial charge on any atom is -0.486 e. The van der Waals surface area contributed by atoms with Crippen molar-refractivity contribution in [2.24, 2.45) is 5.92 Å². The Kier molecular flexibility index (Phi) is 6.04. The fourth-order valence-corrected chi connectivity index (χ4v) is 4.75. The number of nitrogens with one attached hydrogen (secondary N) is 1. The van der Waals surface area contributed by atoms with Crippen LogP contribution in [0.5, 0.6) is 11.5 Å².